The second kappa shape index (κ2) is 5.31. The maximum Gasteiger partial charge on any atom is 0.410 e. The Morgan fingerprint density at radius 3 is 2.04 bits per heavy atom. The van der Waals surface area contributed by atoms with E-state index in [4.69, 9.17) is 9.47 Å². The predicted octanol–water partition coefficient (Wildman–Crippen LogP) is 2.83. The summed E-state index contributed by atoms with van der Waals surface area (Å²) in [5, 5.41) is 2.85. The molecule has 0 bridgehead atoms. The molecular formula is C17H19N3O3. The fraction of sp³-hybridized carbons (Fsp3) is 0.353. The van der Waals surface area contributed by atoms with Crippen LogP contribution in [0.4, 0.5) is 4.79 Å². The van der Waals surface area contributed by atoms with Crippen LogP contribution in [-0.4, -0.2) is 28.8 Å². The maximum atomic E-state index is 12.3. The second-order valence-electron chi connectivity index (χ2n) is 6.31. The smallest absolute Gasteiger partial charge is 0.410 e. The van der Waals surface area contributed by atoms with Gasteiger partial charge in [0, 0.05) is 30.6 Å². The topological polar surface area (TPSA) is 73.3 Å². The van der Waals surface area contributed by atoms with E-state index < -0.39 is 17.4 Å². The third-order valence-corrected chi connectivity index (χ3v) is 3.58. The van der Waals surface area contributed by atoms with E-state index in [1.54, 1.807) is 24.5 Å². The zero-order valence-electron chi connectivity index (χ0n) is 13.6. The Kier molecular flexibility index (Phi) is 3.56. The molecule has 1 N–H and O–H groups in total. The molecule has 2 heterocycles. The molecule has 0 saturated heterocycles. The van der Waals surface area contributed by atoms with Gasteiger partial charge in [-0.1, -0.05) is 12.1 Å². The van der Waals surface area contributed by atoms with Crippen LogP contribution in [-0.2, 0) is 15.2 Å². The Morgan fingerprint density at radius 2 is 1.61 bits per heavy atom. The Morgan fingerprint density at radius 1 is 1.09 bits per heavy atom. The molecule has 1 aliphatic carbocycles. The summed E-state index contributed by atoms with van der Waals surface area (Å²) in [5.41, 5.74) is 1.11. The summed E-state index contributed by atoms with van der Waals surface area (Å²) in [6, 6.07) is 7.33. The Balaban J connectivity index is 2.09. The van der Waals surface area contributed by atoms with Gasteiger partial charge < -0.3 is 9.47 Å². The number of methoxy groups -OCH3 is 1. The van der Waals surface area contributed by atoms with E-state index in [1.165, 1.54) is 7.11 Å². The SMILES string of the molecule is COC1(NC(=O)OC(C)(C)C)c2cccnc2-c2ncccc21. The lowest BCUT2D eigenvalue weighted by atomic mass is 10.0. The highest BCUT2D eigenvalue weighted by atomic mass is 16.6. The van der Waals surface area contributed by atoms with Gasteiger partial charge in [-0.2, -0.15) is 0 Å². The summed E-state index contributed by atoms with van der Waals surface area (Å²) < 4.78 is 11.1. The van der Waals surface area contributed by atoms with Gasteiger partial charge in [0.25, 0.3) is 0 Å². The summed E-state index contributed by atoms with van der Waals surface area (Å²) in [6.45, 7) is 5.43. The van der Waals surface area contributed by atoms with Gasteiger partial charge >= 0.3 is 6.09 Å². The molecule has 0 saturated carbocycles. The van der Waals surface area contributed by atoms with Gasteiger partial charge in [-0.3, -0.25) is 15.3 Å². The number of pyridine rings is 2. The molecule has 2 aromatic rings. The van der Waals surface area contributed by atoms with Crippen molar-refractivity contribution in [3.63, 3.8) is 0 Å². The first kappa shape index (κ1) is 15.4. The Hall–Kier alpha value is -2.47. The molecule has 6 nitrogen and oxygen atoms in total. The van der Waals surface area contributed by atoms with Crippen molar-refractivity contribution in [1.82, 2.24) is 15.3 Å². The first-order valence-corrected chi connectivity index (χ1v) is 7.35. The third kappa shape index (κ3) is 2.55. The summed E-state index contributed by atoms with van der Waals surface area (Å²) in [6.07, 6.45) is 2.82. The number of carbonyl (C=O) groups is 1. The lowest BCUT2D eigenvalue weighted by Gasteiger charge is -2.32. The molecule has 23 heavy (non-hydrogen) atoms. The highest BCUT2D eigenvalue weighted by Gasteiger charge is 2.47. The number of fused-ring (bicyclic) bond motifs is 3. The maximum absolute atomic E-state index is 12.3. The Bertz CT molecular complexity index is 707. The normalized spacial score (nSPS) is 14.8. The molecule has 0 radical (unpaired) electrons. The molecule has 0 aliphatic heterocycles. The average molecular weight is 313 g/mol. The van der Waals surface area contributed by atoms with Crippen molar-refractivity contribution in [1.29, 1.82) is 0 Å². The average Bonchev–Trinajstić information content (AvgIpc) is 2.77. The van der Waals surface area contributed by atoms with Crippen LogP contribution in [0.5, 0.6) is 0 Å². The minimum absolute atomic E-state index is 0.564. The van der Waals surface area contributed by atoms with E-state index in [9.17, 15) is 4.79 Å². The molecule has 1 aliphatic rings. The number of aromatic nitrogens is 2. The van der Waals surface area contributed by atoms with Gasteiger partial charge in [-0.25, -0.2) is 4.79 Å². The molecule has 1 amide bonds. The summed E-state index contributed by atoms with van der Waals surface area (Å²) in [4.78, 5) is 21.1. The predicted molar refractivity (Wildman–Crippen MR) is 84.6 cm³/mol. The van der Waals surface area contributed by atoms with Crippen LogP contribution in [0.2, 0.25) is 0 Å². The number of hydrogen-bond acceptors (Lipinski definition) is 5. The van der Waals surface area contributed by atoms with Crippen molar-refractivity contribution in [2.45, 2.75) is 32.1 Å². The molecule has 0 spiro atoms. The number of amides is 1. The molecular weight excluding hydrogens is 294 g/mol. The van der Waals surface area contributed by atoms with Crippen molar-refractivity contribution < 1.29 is 14.3 Å². The number of ether oxygens (including phenoxy) is 2. The van der Waals surface area contributed by atoms with Crippen LogP contribution >= 0.6 is 0 Å². The molecule has 0 aromatic carbocycles. The highest BCUT2D eigenvalue weighted by molar-refractivity contribution is 5.78. The summed E-state index contributed by atoms with van der Waals surface area (Å²) in [7, 11) is 1.54. The first-order chi connectivity index (χ1) is 10.9. The second-order valence-corrected chi connectivity index (χ2v) is 6.31. The summed E-state index contributed by atoms with van der Waals surface area (Å²) >= 11 is 0. The van der Waals surface area contributed by atoms with Crippen molar-refractivity contribution in [3.05, 3.63) is 47.8 Å². The first-order valence-electron chi connectivity index (χ1n) is 7.35. The van der Waals surface area contributed by atoms with E-state index in [0.29, 0.717) is 11.4 Å². The highest BCUT2D eigenvalue weighted by Crippen LogP contribution is 2.45. The molecule has 0 unspecified atom stereocenters. The standard InChI is InChI=1S/C17H19N3O3/c1-16(2,3)23-15(21)20-17(22-4)11-7-5-9-18-13(11)14-12(17)8-6-10-19-14/h5-10H,1-4H3,(H,20,21). The number of rotatable bonds is 2. The van der Waals surface area contributed by atoms with Gasteiger partial charge in [-0.05, 0) is 32.9 Å². The number of nitrogens with zero attached hydrogens (tertiary/aromatic N) is 2. The van der Waals surface area contributed by atoms with Crippen molar-refractivity contribution in [2.75, 3.05) is 7.11 Å². The van der Waals surface area contributed by atoms with Crippen LogP contribution in [0.3, 0.4) is 0 Å². The number of alkyl carbamates (subject to hydrolysis) is 1. The Labute approximate surface area is 134 Å². The zero-order valence-corrected chi connectivity index (χ0v) is 13.6. The summed E-state index contributed by atoms with van der Waals surface area (Å²) in [5.74, 6) is 0. The largest absolute Gasteiger partial charge is 0.444 e. The van der Waals surface area contributed by atoms with Crippen molar-refractivity contribution >= 4 is 6.09 Å². The van der Waals surface area contributed by atoms with Gasteiger partial charge in [0.2, 0.25) is 0 Å². The lowest BCUT2D eigenvalue weighted by molar-refractivity contribution is -0.0198. The van der Waals surface area contributed by atoms with Crippen LogP contribution in [0.15, 0.2) is 36.7 Å². The fourth-order valence-electron chi connectivity index (χ4n) is 2.75. The van der Waals surface area contributed by atoms with Gasteiger partial charge in [0.1, 0.15) is 5.60 Å². The zero-order chi connectivity index (χ0) is 16.7. The van der Waals surface area contributed by atoms with E-state index >= 15 is 0 Å². The van der Waals surface area contributed by atoms with Crippen LogP contribution in [0, 0.1) is 0 Å². The van der Waals surface area contributed by atoms with Gasteiger partial charge in [0.05, 0.1) is 11.4 Å². The minimum atomic E-state index is -1.16. The van der Waals surface area contributed by atoms with E-state index in [2.05, 4.69) is 15.3 Å². The van der Waals surface area contributed by atoms with Crippen LogP contribution in [0.25, 0.3) is 11.4 Å². The molecule has 6 heteroatoms. The van der Waals surface area contributed by atoms with E-state index in [0.717, 1.165) is 11.1 Å². The molecule has 2 aromatic heterocycles. The quantitative estimate of drug-likeness (QED) is 0.863. The number of nitrogens with one attached hydrogen (secondary N) is 1. The number of hydrogen-bond donors (Lipinski definition) is 1. The van der Waals surface area contributed by atoms with Crippen molar-refractivity contribution in [2.24, 2.45) is 0 Å². The molecule has 0 atom stereocenters. The molecule has 120 valence electrons. The minimum Gasteiger partial charge on any atom is -0.444 e. The fourth-order valence-corrected chi connectivity index (χ4v) is 2.75. The van der Waals surface area contributed by atoms with Crippen LogP contribution in [0.1, 0.15) is 31.9 Å². The monoisotopic (exact) mass is 313 g/mol. The van der Waals surface area contributed by atoms with Gasteiger partial charge in [0.15, 0.2) is 5.72 Å². The van der Waals surface area contributed by atoms with E-state index in [1.807, 2.05) is 32.9 Å². The van der Waals surface area contributed by atoms with E-state index in [-0.39, 0.29) is 0 Å². The lowest BCUT2D eigenvalue weighted by Crippen LogP contribution is -2.48. The molecule has 3 rings (SSSR count). The number of carbonyl (C=O) groups excluding carboxylic acids is 1. The molecule has 0 fully saturated rings. The van der Waals surface area contributed by atoms with Crippen LogP contribution < -0.4 is 5.32 Å². The van der Waals surface area contributed by atoms with Crippen molar-refractivity contribution in [3.8, 4) is 11.4 Å². The third-order valence-electron chi connectivity index (χ3n) is 3.58. The van der Waals surface area contributed by atoms with Gasteiger partial charge in [-0.15, -0.1) is 0 Å².